The minimum atomic E-state index is -2.48. The molecular formula is C20H37N3O13. The molecule has 16 nitrogen and oxygen atoms in total. The van der Waals surface area contributed by atoms with E-state index in [0.29, 0.717) is 0 Å². The van der Waals surface area contributed by atoms with Crippen molar-refractivity contribution < 1.29 is 64.5 Å². The highest BCUT2D eigenvalue weighted by atomic mass is 16.9. The van der Waals surface area contributed by atoms with E-state index in [1.165, 1.54) is 0 Å². The molecular weight excluding hydrogens is 490 g/mol. The second-order valence-electron chi connectivity index (χ2n) is 9.72. The van der Waals surface area contributed by atoms with E-state index < -0.39 is 111 Å². The summed E-state index contributed by atoms with van der Waals surface area (Å²) < 4.78 is 28.7. The molecule has 0 aromatic heterocycles. The lowest BCUT2D eigenvalue weighted by Gasteiger charge is -2.46. The Morgan fingerprint density at radius 2 is 1.61 bits per heavy atom. The summed E-state index contributed by atoms with van der Waals surface area (Å²) in [5, 5.41) is 85.6. The minimum absolute atomic E-state index is 0.254. The number of nitrogens with two attached hydrogens (primary N) is 2. The second kappa shape index (κ2) is 10.9. The van der Waals surface area contributed by atoms with E-state index in [4.69, 9.17) is 35.2 Å². The number of rotatable bonds is 6. The first kappa shape index (κ1) is 28.4. The zero-order valence-electron chi connectivity index (χ0n) is 19.6. The van der Waals surface area contributed by atoms with E-state index in [9.17, 15) is 40.9 Å². The van der Waals surface area contributed by atoms with Gasteiger partial charge in [-0.05, 0) is 13.5 Å². The van der Waals surface area contributed by atoms with Crippen molar-refractivity contribution in [3.05, 3.63) is 0 Å². The third kappa shape index (κ3) is 4.68. The summed E-state index contributed by atoms with van der Waals surface area (Å²) in [5.41, 5.74) is 11.8. The lowest BCUT2D eigenvalue weighted by Crippen LogP contribution is -2.69. The molecule has 0 aromatic rings. The zero-order valence-corrected chi connectivity index (χ0v) is 19.6. The van der Waals surface area contributed by atoms with Gasteiger partial charge in [0.05, 0.1) is 31.5 Å². The van der Waals surface area contributed by atoms with Crippen LogP contribution in [0.5, 0.6) is 0 Å². The lowest BCUT2D eigenvalue weighted by atomic mass is 9.84. The Hall–Kier alpha value is -0.640. The maximum absolute atomic E-state index is 10.7. The van der Waals surface area contributed by atoms with E-state index in [0.717, 1.165) is 0 Å². The summed E-state index contributed by atoms with van der Waals surface area (Å²) >= 11 is 0. The highest BCUT2D eigenvalue weighted by Gasteiger charge is 2.67. The number of nitrogens with one attached hydrogen (secondary N) is 1. The highest BCUT2D eigenvalue weighted by Crippen LogP contribution is 2.45. The molecule has 1 aliphatic carbocycles. The summed E-state index contributed by atoms with van der Waals surface area (Å²) in [6.45, 7) is -1.33. The Morgan fingerprint density at radius 1 is 0.944 bits per heavy atom. The van der Waals surface area contributed by atoms with Crippen LogP contribution in [0.25, 0.3) is 0 Å². The van der Waals surface area contributed by atoms with Gasteiger partial charge in [-0.1, -0.05) is 0 Å². The molecule has 36 heavy (non-hydrogen) atoms. The molecule has 4 aliphatic rings. The fourth-order valence-electron chi connectivity index (χ4n) is 5.23. The quantitative estimate of drug-likeness (QED) is 0.153. The second-order valence-corrected chi connectivity index (χ2v) is 9.72. The number of aliphatic hydroxyl groups is 8. The van der Waals surface area contributed by atoms with Crippen LogP contribution in [0.1, 0.15) is 6.42 Å². The average Bonchev–Trinajstić information content (AvgIpc) is 3.27. The molecule has 0 radical (unpaired) electrons. The van der Waals surface area contributed by atoms with Crippen LogP contribution < -0.4 is 16.8 Å². The fourth-order valence-corrected chi connectivity index (χ4v) is 5.23. The van der Waals surface area contributed by atoms with Gasteiger partial charge >= 0.3 is 5.97 Å². The summed E-state index contributed by atoms with van der Waals surface area (Å²) in [6.07, 6.45) is -17.7. The summed E-state index contributed by atoms with van der Waals surface area (Å²) in [6, 6.07) is -2.50. The molecule has 0 aromatic carbocycles. The summed E-state index contributed by atoms with van der Waals surface area (Å²) in [4.78, 5) is 0. The van der Waals surface area contributed by atoms with Gasteiger partial charge in [-0.25, -0.2) is 0 Å². The van der Waals surface area contributed by atoms with Crippen LogP contribution in [0.3, 0.4) is 0 Å². The number of aliphatic hydroxyl groups excluding tert-OH is 8. The third-order valence-electron chi connectivity index (χ3n) is 7.42. The summed E-state index contributed by atoms with van der Waals surface area (Å²) in [5.74, 6) is -2.48. The van der Waals surface area contributed by atoms with Crippen LogP contribution in [0.2, 0.25) is 0 Å². The molecule has 4 fully saturated rings. The normalized spacial score (nSPS) is 54.4. The van der Waals surface area contributed by atoms with Gasteiger partial charge in [0.2, 0.25) is 0 Å². The number of fused-ring (bicyclic) bond motifs is 1. The van der Waals surface area contributed by atoms with E-state index in [-0.39, 0.29) is 6.42 Å². The maximum Gasteiger partial charge on any atom is 0.314 e. The molecule has 1 spiro atoms. The Labute approximate surface area is 206 Å². The van der Waals surface area contributed by atoms with Crippen LogP contribution in [-0.2, 0) is 23.7 Å². The van der Waals surface area contributed by atoms with Crippen LogP contribution in [0, 0.1) is 0 Å². The number of ether oxygens (including phenoxy) is 5. The van der Waals surface area contributed by atoms with Crippen LogP contribution in [0.15, 0.2) is 0 Å². The van der Waals surface area contributed by atoms with Crippen LogP contribution >= 0.6 is 0 Å². The van der Waals surface area contributed by atoms with Gasteiger partial charge < -0.3 is 81.3 Å². The molecule has 3 aliphatic heterocycles. The van der Waals surface area contributed by atoms with Gasteiger partial charge in [-0.15, -0.1) is 0 Å². The largest absolute Gasteiger partial charge is 0.395 e. The molecule has 16 heteroatoms. The van der Waals surface area contributed by atoms with Crippen molar-refractivity contribution in [2.75, 3.05) is 20.3 Å². The Bertz CT molecular complexity index is 756. The molecule has 0 amide bonds. The molecule has 3 saturated heterocycles. The van der Waals surface area contributed by atoms with E-state index in [1.54, 1.807) is 7.05 Å². The first-order chi connectivity index (χ1) is 17.0. The first-order valence-corrected chi connectivity index (χ1v) is 11.8. The molecule has 210 valence electrons. The molecule has 4 unspecified atom stereocenters. The molecule has 0 bridgehead atoms. The van der Waals surface area contributed by atoms with Crippen molar-refractivity contribution in [2.24, 2.45) is 11.5 Å². The van der Waals surface area contributed by atoms with Crippen molar-refractivity contribution in [3.8, 4) is 0 Å². The Kier molecular flexibility index (Phi) is 8.55. The lowest BCUT2D eigenvalue weighted by molar-refractivity contribution is -0.439. The van der Waals surface area contributed by atoms with Gasteiger partial charge in [0.15, 0.2) is 12.4 Å². The van der Waals surface area contributed by atoms with Gasteiger partial charge in [0.25, 0.3) is 0 Å². The number of hydrogen-bond donors (Lipinski definition) is 11. The monoisotopic (exact) mass is 527 g/mol. The standard InChI is InChI=1S/C20H37N3O13/c1-23-7-2-5(21)9(26)15(10(7)27)33-19-17-16(11(28)8(4-25)32-19)35-20(36-17)18(31)13(30)12(29)14(34-20)6(22)3-24/h5-19,23-31H,2-4,21-22H2,1H3/t5-,6+,7+,8-,9+,10-,11+,12-,13-,14?,15-,16?,17?,18-,19+,20?/m1/s1. The molecule has 4 rings (SSSR count). The van der Waals surface area contributed by atoms with E-state index >= 15 is 0 Å². The first-order valence-electron chi connectivity index (χ1n) is 11.8. The maximum atomic E-state index is 10.7. The van der Waals surface area contributed by atoms with Gasteiger partial charge in [-0.3, -0.25) is 0 Å². The van der Waals surface area contributed by atoms with Crippen molar-refractivity contribution in [1.82, 2.24) is 5.32 Å². The van der Waals surface area contributed by atoms with E-state index in [2.05, 4.69) is 5.32 Å². The van der Waals surface area contributed by atoms with Crippen molar-refractivity contribution in [2.45, 2.75) is 104 Å². The van der Waals surface area contributed by atoms with Crippen LogP contribution in [-0.4, -0.2) is 159 Å². The van der Waals surface area contributed by atoms with Gasteiger partial charge in [0, 0.05) is 12.1 Å². The van der Waals surface area contributed by atoms with Gasteiger partial charge in [0.1, 0.15) is 48.8 Å². The number of likely N-dealkylation sites (N-methyl/N-ethyl adjacent to an activating group) is 1. The topological polar surface area (TPSA) is 272 Å². The fraction of sp³-hybridized carbons (Fsp3) is 1.00. The number of hydrogen-bond acceptors (Lipinski definition) is 16. The Balaban J connectivity index is 1.62. The molecule has 3 heterocycles. The third-order valence-corrected chi connectivity index (χ3v) is 7.42. The molecule has 16 atom stereocenters. The average molecular weight is 528 g/mol. The zero-order chi connectivity index (χ0) is 26.5. The van der Waals surface area contributed by atoms with Crippen molar-refractivity contribution >= 4 is 0 Å². The van der Waals surface area contributed by atoms with E-state index in [1.807, 2.05) is 0 Å². The Morgan fingerprint density at radius 3 is 2.22 bits per heavy atom. The SMILES string of the molecule is CN[C@H]1C[C@@H](N)[C@H](O)[C@@H](O[C@@H]2O[C@H](CO)[C@H](O)C3OC4(OC32)OC([C@@H](N)CO)[C@H](O)[C@@H](O)[C@H]4O)[C@@H]1O. The summed E-state index contributed by atoms with van der Waals surface area (Å²) in [7, 11) is 1.60. The molecule has 1 saturated carbocycles. The predicted octanol–water partition coefficient (Wildman–Crippen LogP) is -7.27. The minimum Gasteiger partial charge on any atom is -0.395 e. The van der Waals surface area contributed by atoms with Gasteiger partial charge in [-0.2, -0.15) is 0 Å². The van der Waals surface area contributed by atoms with Crippen molar-refractivity contribution in [1.29, 1.82) is 0 Å². The smallest absolute Gasteiger partial charge is 0.314 e. The molecule has 13 N–H and O–H groups in total. The highest BCUT2D eigenvalue weighted by molar-refractivity contribution is 5.05. The van der Waals surface area contributed by atoms with Crippen molar-refractivity contribution in [3.63, 3.8) is 0 Å². The van der Waals surface area contributed by atoms with Crippen LogP contribution in [0.4, 0.5) is 0 Å². The predicted molar refractivity (Wildman–Crippen MR) is 115 cm³/mol.